The van der Waals surface area contributed by atoms with Crippen LogP contribution in [0.4, 0.5) is 16.5 Å². The maximum atomic E-state index is 12.1. The summed E-state index contributed by atoms with van der Waals surface area (Å²) in [7, 11) is 0. The zero-order chi connectivity index (χ0) is 20.8. The number of anilines is 3. The molecule has 0 aliphatic carbocycles. The van der Waals surface area contributed by atoms with Crippen LogP contribution >= 0.6 is 39.0 Å². The number of benzene rings is 2. The summed E-state index contributed by atoms with van der Waals surface area (Å²) in [5.74, 6) is -0.250. The predicted octanol–water partition coefficient (Wildman–Crippen LogP) is 4.33. The smallest absolute Gasteiger partial charge is 0.236 e. The molecule has 10 heteroatoms. The molecule has 1 heterocycles. The Morgan fingerprint density at radius 3 is 2.45 bits per heavy atom. The number of nitrogens with one attached hydrogen (secondary N) is 3. The number of fused-ring (bicyclic) bond motifs is 1. The first kappa shape index (κ1) is 21.3. The largest absolute Gasteiger partial charge is 0.326 e. The zero-order valence-electron chi connectivity index (χ0n) is 15.3. The van der Waals surface area contributed by atoms with Gasteiger partial charge in [0.05, 0.1) is 21.7 Å². The summed E-state index contributed by atoms with van der Waals surface area (Å²) >= 11 is 5.89. The third-order valence-corrected chi connectivity index (χ3v) is 5.89. The Bertz CT molecular complexity index is 1070. The number of thiazole rings is 1. The predicted molar refractivity (Wildman–Crippen MR) is 123 cm³/mol. The van der Waals surface area contributed by atoms with Crippen LogP contribution in [-0.2, 0) is 14.4 Å². The number of thioether (sulfide) groups is 1. The molecule has 150 valence electrons. The fourth-order valence-electron chi connectivity index (χ4n) is 2.41. The second-order valence-electron chi connectivity index (χ2n) is 5.98. The van der Waals surface area contributed by atoms with E-state index in [1.165, 1.54) is 30.0 Å². The van der Waals surface area contributed by atoms with Gasteiger partial charge in [0, 0.05) is 22.8 Å². The van der Waals surface area contributed by atoms with Gasteiger partial charge in [-0.2, -0.15) is 0 Å². The van der Waals surface area contributed by atoms with Gasteiger partial charge in [-0.15, -0.1) is 11.8 Å². The van der Waals surface area contributed by atoms with E-state index < -0.39 is 0 Å². The van der Waals surface area contributed by atoms with Crippen molar-refractivity contribution in [3.63, 3.8) is 0 Å². The van der Waals surface area contributed by atoms with Crippen molar-refractivity contribution in [2.45, 2.75) is 6.92 Å². The Hall–Kier alpha value is -2.43. The standard InChI is InChI=1S/C19H17BrN4O3S2/c1-11(25)21-14-5-6-15-16(8-14)29-19(23-15)24-18(27)10-28-9-17(26)22-13-4-2-3-12(20)7-13/h2-8H,9-10H2,1H3,(H,21,25)(H,22,26)(H,23,24,27). The normalized spacial score (nSPS) is 10.6. The van der Waals surface area contributed by atoms with Crippen LogP contribution in [0.5, 0.6) is 0 Å². The van der Waals surface area contributed by atoms with E-state index in [0.29, 0.717) is 16.5 Å². The Kier molecular flexibility index (Phi) is 7.24. The number of nitrogens with zero attached hydrogens (tertiary/aromatic N) is 1. The molecular formula is C19H17BrN4O3S2. The molecule has 7 nitrogen and oxygen atoms in total. The lowest BCUT2D eigenvalue weighted by Gasteiger charge is -2.05. The molecule has 0 saturated carbocycles. The molecular weight excluding hydrogens is 476 g/mol. The number of amides is 3. The third kappa shape index (κ3) is 6.55. The molecule has 3 aromatic rings. The lowest BCUT2D eigenvalue weighted by atomic mass is 10.3. The monoisotopic (exact) mass is 492 g/mol. The number of aromatic nitrogens is 1. The fourth-order valence-corrected chi connectivity index (χ4v) is 4.35. The van der Waals surface area contributed by atoms with Crippen LogP contribution in [-0.4, -0.2) is 34.2 Å². The highest BCUT2D eigenvalue weighted by atomic mass is 79.9. The van der Waals surface area contributed by atoms with Gasteiger partial charge in [0.2, 0.25) is 17.7 Å². The lowest BCUT2D eigenvalue weighted by molar-refractivity contribution is -0.115. The van der Waals surface area contributed by atoms with Crippen LogP contribution in [0.1, 0.15) is 6.92 Å². The number of carbonyl (C=O) groups excluding carboxylic acids is 3. The highest BCUT2D eigenvalue weighted by Crippen LogP contribution is 2.28. The average Bonchev–Trinajstić information content (AvgIpc) is 3.02. The van der Waals surface area contributed by atoms with Crippen molar-refractivity contribution < 1.29 is 14.4 Å². The van der Waals surface area contributed by atoms with Crippen molar-refractivity contribution in [3.8, 4) is 0 Å². The number of rotatable bonds is 7. The minimum atomic E-state index is -0.230. The maximum absolute atomic E-state index is 12.1. The molecule has 0 unspecified atom stereocenters. The van der Waals surface area contributed by atoms with Gasteiger partial charge in [0.25, 0.3) is 0 Å². The van der Waals surface area contributed by atoms with Crippen molar-refractivity contribution in [2.24, 2.45) is 0 Å². The highest BCUT2D eigenvalue weighted by molar-refractivity contribution is 9.10. The van der Waals surface area contributed by atoms with E-state index in [-0.39, 0.29) is 29.2 Å². The summed E-state index contributed by atoms with van der Waals surface area (Å²) in [4.78, 5) is 39.6. The molecule has 0 aliphatic rings. The van der Waals surface area contributed by atoms with Crippen LogP contribution in [0.2, 0.25) is 0 Å². The summed E-state index contributed by atoms with van der Waals surface area (Å²) in [6.07, 6.45) is 0. The Balaban J connectivity index is 1.47. The first-order valence-corrected chi connectivity index (χ1v) is 11.3. The maximum Gasteiger partial charge on any atom is 0.236 e. The quantitative estimate of drug-likeness (QED) is 0.455. The summed E-state index contributed by atoms with van der Waals surface area (Å²) in [5, 5.41) is 8.72. The molecule has 2 aromatic carbocycles. The van der Waals surface area contributed by atoms with Crippen LogP contribution in [0.25, 0.3) is 10.2 Å². The Labute approximate surface area is 183 Å². The van der Waals surface area contributed by atoms with Crippen molar-refractivity contribution in [3.05, 3.63) is 46.9 Å². The summed E-state index contributed by atoms with van der Waals surface area (Å²) in [6.45, 7) is 1.44. The van der Waals surface area contributed by atoms with Crippen molar-refractivity contribution in [1.29, 1.82) is 0 Å². The number of carbonyl (C=O) groups is 3. The second kappa shape index (κ2) is 9.86. The van der Waals surface area contributed by atoms with Gasteiger partial charge in [-0.05, 0) is 36.4 Å². The van der Waals surface area contributed by atoms with E-state index in [0.717, 1.165) is 14.7 Å². The van der Waals surface area contributed by atoms with Crippen LogP contribution in [0.15, 0.2) is 46.9 Å². The zero-order valence-corrected chi connectivity index (χ0v) is 18.5. The molecule has 0 fully saturated rings. The number of hydrogen-bond donors (Lipinski definition) is 3. The molecule has 3 amide bonds. The second-order valence-corrected chi connectivity index (χ2v) is 8.91. The number of hydrogen-bond acceptors (Lipinski definition) is 6. The molecule has 29 heavy (non-hydrogen) atoms. The molecule has 0 saturated heterocycles. The molecule has 0 radical (unpaired) electrons. The van der Waals surface area contributed by atoms with Gasteiger partial charge in [-0.1, -0.05) is 33.3 Å². The minimum absolute atomic E-state index is 0.138. The molecule has 0 aliphatic heterocycles. The molecule has 0 spiro atoms. The summed E-state index contributed by atoms with van der Waals surface area (Å²) < 4.78 is 1.73. The lowest BCUT2D eigenvalue weighted by Crippen LogP contribution is -2.18. The molecule has 0 bridgehead atoms. The van der Waals surface area contributed by atoms with E-state index in [4.69, 9.17) is 0 Å². The van der Waals surface area contributed by atoms with Crippen molar-refractivity contribution >= 4 is 83.5 Å². The van der Waals surface area contributed by atoms with E-state index in [1.807, 2.05) is 18.2 Å². The summed E-state index contributed by atoms with van der Waals surface area (Å²) in [5.41, 5.74) is 2.11. The van der Waals surface area contributed by atoms with Crippen molar-refractivity contribution in [2.75, 3.05) is 27.5 Å². The van der Waals surface area contributed by atoms with Gasteiger partial charge in [0.1, 0.15) is 0 Å². The van der Waals surface area contributed by atoms with Crippen molar-refractivity contribution in [1.82, 2.24) is 4.98 Å². The first-order valence-electron chi connectivity index (χ1n) is 8.50. The van der Waals surface area contributed by atoms with Gasteiger partial charge >= 0.3 is 0 Å². The Morgan fingerprint density at radius 1 is 1.00 bits per heavy atom. The molecule has 0 atom stereocenters. The Morgan fingerprint density at radius 2 is 1.72 bits per heavy atom. The van der Waals surface area contributed by atoms with E-state index in [2.05, 4.69) is 36.9 Å². The van der Waals surface area contributed by atoms with Crippen LogP contribution < -0.4 is 16.0 Å². The van der Waals surface area contributed by atoms with E-state index in [9.17, 15) is 14.4 Å². The average molecular weight is 493 g/mol. The van der Waals surface area contributed by atoms with Gasteiger partial charge in [-0.25, -0.2) is 4.98 Å². The number of halogens is 1. The fraction of sp³-hybridized carbons (Fsp3) is 0.158. The summed E-state index contributed by atoms with van der Waals surface area (Å²) in [6, 6.07) is 12.7. The van der Waals surface area contributed by atoms with Gasteiger partial charge < -0.3 is 16.0 Å². The van der Waals surface area contributed by atoms with Crippen LogP contribution in [0.3, 0.4) is 0 Å². The minimum Gasteiger partial charge on any atom is -0.326 e. The SMILES string of the molecule is CC(=O)Nc1ccc2nc(NC(=O)CSCC(=O)Nc3cccc(Br)c3)sc2c1. The molecule has 1 aromatic heterocycles. The molecule has 3 N–H and O–H groups in total. The molecule has 3 rings (SSSR count). The third-order valence-electron chi connectivity index (χ3n) is 3.53. The first-order chi connectivity index (χ1) is 13.9. The topological polar surface area (TPSA) is 100 Å². The van der Waals surface area contributed by atoms with Gasteiger partial charge in [-0.3, -0.25) is 14.4 Å². The van der Waals surface area contributed by atoms with Crippen LogP contribution in [0, 0.1) is 0 Å². The van der Waals surface area contributed by atoms with Gasteiger partial charge in [0.15, 0.2) is 5.13 Å². The van der Waals surface area contributed by atoms with E-state index in [1.54, 1.807) is 24.3 Å². The highest BCUT2D eigenvalue weighted by Gasteiger charge is 2.10. The van der Waals surface area contributed by atoms with E-state index >= 15 is 0 Å².